The molecule has 48 heavy (non-hydrogen) atoms. The summed E-state index contributed by atoms with van der Waals surface area (Å²) in [5.74, 6) is 0. The summed E-state index contributed by atoms with van der Waals surface area (Å²) in [6, 6.07) is 0. The van der Waals surface area contributed by atoms with Crippen LogP contribution in [0.2, 0.25) is 0 Å². The Bertz CT molecular complexity index is 1160. The van der Waals surface area contributed by atoms with Crippen molar-refractivity contribution in [1.82, 2.24) is 0 Å². The van der Waals surface area contributed by atoms with Crippen molar-refractivity contribution in [3.63, 3.8) is 0 Å². The molecule has 5 aliphatic rings. The Hall–Kier alpha value is -0.890. The number of fused-ring (bicyclic) bond motifs is 2. The Morgan fingerprint density at radius 3 is 1.69 bits per heavy atom. The first kappa shape index (κ1) is 38.3. The maximum atomic E-state index is 11.1. The molecule has 20 atom stereocenters. The van der Waals surface area contributed by atoms with E-state index < -0.39 is 153 Å². The minimum atomic E-state index is -5.01. The Labute approximate surface area is 271 Å². The first-order valence-electron chi connectivity index (χ1n) is 14.7. The standard InChI is InChI=1S/C24H40O23S/c25-1-5-10(28)18(14(32)21(35)41-5)46-24-16(34)20-17(8(44-24)3-39-20)45-23-15(33)19(11(29)6(2-26)42-23)47-22-13(31)12(30)9(27)7(43-22)4-40-48(36,37)38/h5-35H,1-4H2,(H,36,37,38)/t5-,6-,7+,8+,9-,10+,11+,12-,13+,14-,15-,16+,17-,18+,19+,20+,21-,22+,23+,24+/m1/s1. The van der Waals surface area contributed by atoms with Gasteiger partial charge in [-0.1, -0.05) is 0 Å². The van der Waals surface area contributed by atoms with E-state index in [1.54, 1.807) is 0 Å². The van der Waals surface area contributed by atoms with Crippen LogP contribution in [0.25, 0.3) is 0 Å². The second kappa shape index (κ2) is 15.4. The summed E-state index contributed by atoms with van der Waals surface area (Å²) in [6.45, 7) is -2.86. The van der Waals surface area contributed by atoms with E-state index in [0.717, 1.165) is 0 Å². The van der Waals surface area contributed by atoms with Crippen LogP contribution in [-0.4, -0.2) is 218 Å². The van der Waals surface area contributed by atoms with Crippen molar-refractivity contribution >= 4 is 10.4 Å². The summed E-state index contributed by atoms with van der Waals surface area (Å²) in [5, 5.41) is 114. The van der Waals surface area contributed by atoms with Crippen LogP contribution >= 0.6 is 0 Å². The van der Waals surface area contributed by atoms with Gasteiger partial charge < -0.3 is 94.1 Å². The van der Waals surface area contributed by atoms with Crippen LogP contribution in [0.4, 0.5) is 0 Å². The molecule has 23 nitrogen and oxygen atoms in total. The Balaban J connectivity index is 1.26. The van der Waals surface area contributed by atoms with Crippen LogP contribution in [0.3, 0.4) is 0 Å². The summed E-state index contributed by atoms with van der Waals surface area (Å²) in [4.78, 5) is 0. The molecule has 0 aliphatic carbocycles. The fraction of sp³-hybridized carbons (Fsp3) is 1.00. The lowest BCUT2D eigenvalue weighted by atomic mass is 9.96. The number of rotatable bonds is 11. The molecular weight excluding hydrogens is 688 g/mol. The zero-order valence-corrected chi connectivity index (χ0v) is 25.5. The van der Waals surface area contributed by atoms with E-state index in [9.17, 15) is 64.6 Å². The molecule has 2 bridgehead atoms. The maximum absolute atomic E-state index is 11.1. The van der Waals surface area contributed by atoms with Crippen molar-refractivity contribution in [1.29, 1.82) is 0 Å². The van der Waals surface area contributed by atoms with Gasteiger partial charge in [-0.3, -0.25) is 4.55 Å². The molecule has 0 radical (unpaired) electrons. The summed E-state index contributed by atoms with van der Waals surface area (Å²) in [7, 11) is -5.01. The van der Waals surface area contributed by atoms with Crippen molar-refractivity contribution in [2.45, 2.75) is 123 Å². The Kier molecular flexibility index (Phi) is 12.3. The van der Waals surface area contributed by atoms with Crippen molar-refractivity contribution in [2.75, 3.05) is 26.4 Å². The zero-order valence-electron chi connectivity index (χ0n) is 24.6. The average molecular weight is 729 g/mol. The predicted octanol–water partition coefficient (Wildman–Crippen LogP) is -8.88. The minimum Gasteiger partial charge on any atom is -0.394 e. The summed E-state index contributed by atoms with van der Waals surface area (Å²) >= 11 is 0. The van der Waals surface area contributed by atoms with E-state index in [-0.39, 0.29) is 6.61 Å². The second-order valence-corrected chi connectivity index (χ2v) is 12.9. The van der Waals surface area contributed by atoms with E-state index in [2.05, 4.69) is 4.18 Å². The van der Waals surface area contributed by atoms with Gasteiger partial charge in [0.25, 0.3) is 0 Å². The number of hydrogen-bond donors (Lipinski definition) is 12. The Morgan fingerprint density at radius 1 is 0.562 bits per heavy atom. The molecule has 0 aromatic carbocycles. The maximum Gasteiger partial charge on any atom is 0.397 e. The summed E-state index contributed by atoms with van der Waals surface area (Å²) < 4.78 is 78.9. The first-order chi connectivity index (χ1) is 22.6. The molecule has 0 amide bonds. The van der Waals surface area contributed by atoms with Crippen LogP contribution in [-0.2, 0) is 52.5 Å². The van der Waals surface area contributed by atoms with Gasteiger partial charge in [-0.2, -0.15) is 8.42 Å². The molecule has 5 aliphatic heterocycles. The monoisotopic (exact) mass is 728 g/mol. The smallest absolute Gasteiger partial charge is 0.394 e. The van der Waals surface area contributed by atoms with Gasteiger partial charge in [0.05, 0.1) is 26.4 Å². The highest BCUT2D eigenvalue weighted by Gasteiger charge is 2.58. The minimum absolute atomic E-state index is 0.211. The van der Waals surface area contributed by atoms with E-state index >= 15 is 0 Å². The highest BCUT2D eigenvalue weighted by molar-refractivity contribution is 7.80. The normalized spacial score (nSPS) is 51.6. The third kappa shape index (κ3) is 7.80. The zero-order chi connectivity index (χ0) is 35.2. The van der Waals surface area contributed by atoms with Gasteiger partial charge in [-0.25, -0.2) is 4.18 Å². The highest BCUT2D eigenvalue weighted by Crippen LogP contribution is 2.37. The molecule has 280 valence electrons. The lowest BCUT2D eigenvalue weighted by Crippen LogP contribution is -2.66. The van der Waals surface area contributed by atoms with E-state index in [4.69, 9.17) is 42.4 Å². The molecular formula is C24H40O23S. The van der Waals surface area contributed by atoms with Crippen LogP contribution in [0, 0.1) is 0 Å². The molecule has 0 aromatic heterocycles. The topological polar surface area (TPSA) is 360 Å². The molecule has 5 heterocycles. The SMILES string of the molecule is O=S(=O)(O)OC[C@@H]1O[C@@H](O[C@H]2[C@@H](O)[C@@H](CO)O[C@@H](O[C@H]3[C@H]4OC[C@@H]3O[C@@H](O[C@@H]3[C@@H](O)[C@H](O)O[C@H](CO)[C@@H]3O)[C@H]4O)[C@@H]2O)[C@@H](O)[C@H](O)[C@@H]1O. The average Bonchev–Trinajstić information content (AvgIpc) is 3.35. The number of aliphatic hydroxyl groups is 11. The van der Waals surface area contributed by atoms with Crippen LogP contribution < -0.4 is 0 Å². The van der Waals surface area contributed by atoms with E-state index in [1.165, 1.54) is 0 Å². The predicted molar refractivity (Wildman–Crippen MR) is 141 cm³/mol. The van der Waals surface area contributed by atoms with E-state index in [0.29, 0.717) is 0 Å². The van der Waals surface area contributed by atoms with Gasteiger partial charge >= 0.3 is 10.4 Å². The number of ether oxygens (including phenoxy) is 8. The largest absolute Gasteiger partial charge is 0.397 e. The molecule has 0 aromatic rings. The molecule has 5 rings (SSSR count). The second-order valence-electron chi connectivity index (χ2n) is 11.8. The Morgan fingerprint density at radius 2 is 1.08 bits per heavy atom. The molecule has 5 fully saturated rings. The molecule has 0 saturated carbocycles. The van der Waals surface area contributed by atoms with Crippen LogP contribution in [0.15, 0.2) is 0 Å². The highest BCUT2D eigenvalue weighted by atomic mass is 32.3. The summed E-state index contributed by atoms with van der Waals surface area (Å²) in [5.41, 5.74) is 0. The number of aliphatic hydroxyl groups excluding tert-OH is 11. The van der Waals surface area contributed by atoms with Crippen molar-refractivity contribution < 1.29 is 111 Å². The molecule has 0 spiro atoms. The molecule has 0 unspecified atom stereocenters. The number of hydrogen-bond acceptors (Lipinski definition) is 22. The lowest BCUT2D eigenvalue weighted by molar-refractivity contribution is -0.377. The van der Waals surface area contributed by atoms with Crippen molar-refractivity contribution in [3.05, 3.63) is 0 Å². The van der Waals surface area contributed by atoms with Crippen LogP contribution in [0.1, 0.15) is 0 Å². The first-order valence-corrected chi connectivity index (χ1v) is 16.1. The molecule has 12 N–H and O–H groups in total. The van der Waals surface area contributed by atoms with Gasteiger partial charge in [-0.05, 0) is 0 Å². The van der Waals surface area contributed by atoms with Crippen LogP contribution in [0.5, 0.6) is 0 Å². The third-order valence-corrected chi connectivity index (χ3v) is 9.09. The fourth-order valence-electron chi connectivity index (χ4n) is 6.04. The fourth-order valence-corrected chi connectivity index (χ4v) is 6.35. The van der Waals surface area contributed by atoms with Crippen molar-refractivity contribution in [2.24, 2.45) is 0 Å². The van der Waals surface area contributed by atoms with Gasteiger partial charge in [0.15, 0.2) is 25.2 Å². The third-order valence-electron chi connectivity index (χ3n) is 8.65. The van der Waals surface area contributed by atoms with E-state index in [1.807, 2.05) is 0 Å². The lowest BCUT2D eigenvalue weighted by Gasteiger charge is -2.47. The summed E-state index contributed by atoms with van der Waals surface area (Å²) in [6.07, 6.45) is -33.7. The van der Waals surface area contributed by atoms with Gasteiger partial charge in [-0.15, -0.1) is 0 Å². The molecule has 24 heteroatoms. The van der Waals surface area contributed by atoms with Crippen molar-refractivity contribution in [3.8, 4) is 0 Å². The van der Waals surface area contributed by atoms with Gasteiger partial charge in [0.1, 0.15) is 97.7 Å². The van der Waals surface area contributed by atoms with Gasteiger partial charge in [0.2, 0.25) is 0 Å². The van der Waals surface area contributed by atoms with Gasteiger partial charge in [0, 0.05) is 0 Å². The quantitative estimate of drug-likeness (QED) is 0.0879. The molecule has 5 saturated heterocycles.